The number of piperidine rings is 1. The molecular weight excluding hydrogens is 391 g/mol. The van der Waals surface area contributed by atoms with E-state index in [1.165, 1.54) is 12.1 Å². The first-order valence-electron chi connectivity index (χ1n) is 11.3. The Kier molecular flexibility index (Phi) is 6.66. The lowest BCUT2D eigenvalue weighted by Crippen LogP contribution is -2.43. The molecule has 1 fully saturated rings. The van der Waals surface area contributed by atoms with Crippen LogP contribution in [0.25, 0.3) is 16.7 Å². The van der Waals surface area contributed by atoms with Gasteiger partial charge in [0.15, 0.2) is 0 Å². The summed E-state index contributed by atoms with van der Waals surface area (Å²) in [5, 5.41) is 0. The second kappa shape index (κ2) is 9.60. The summed E-state index contributed by atoms with van der Waals surface area (Å²) in [5.74, 6) is 0.962. The third-order valence-corrected chi connectivity index (χ3v) is 6.16. The van der Waals surface area contributed by atoms with E-state index in [0.29, 0.717) is 6.54 Å². The minimum absolute atomic E-state index is 0.0410. The molecule has 0 radical (unpaired) electrons. The molecule has 164 valence electrons. The van der Waals surface area contributed by atoms with E-state index in [1.54, 1.807) is 12.1 Å². The zero-order valence-electron chi connectivity index (χ0n) is 18.4. The first-order chi connectivity index (χ1) is 15.1. The molecule has 1 aliphatic rings. The summed E-state index contributed by atoms with van der Waals surface area (Å²) in [4.78, 5) is 22.0. The van der Waals surface area contributed by atoms with E-state index < -0.39 is 0 Å². The Labute approximate surface area is 183 Å². The van der Waals surface area contributed by atoms with Gasteiger partial charge in [0.2, 0.25) is 5.91 Å². The number of imidazole rings is 1. The van der Waals surface area contributed by atoms with Crippen molar-refractivity contribution < 1.29 is 9.18 Å². The van der Waals surface area contributed by atoms with Crippen molar-refractivity contribution in [1.29, 1.82) is 0 Å². The monoisotopic (exact) mass is 422 g/mol. The quantitative estimate of drug-likeness (QED) is 0.557. The number of unbranched alkanes of at least 4 members (excludes halogenated alkanes) is 1. The van der Waals surface area contributed by atoms with Crippen LogP contribution in [0.3, 0.4) is 0 Å². The minimum Gasteiger partial charge on any atom is -0.345 e. The fraction of sp³-hybridized carbons (Fsp3) is 0.440. The van der Waals surface area contributed by atoms with Crippen molar-refractivity contribution >= 4 is 16.9 Å². The van der Waals surface area contributed by atoms with Crippen molar-refractivity contribution in [3.05, 3.63) is 60.2 Å². The highest BCUT2D eigenvalue weighted by Gasteiger charge is 2.28. The Balaban J connectivity index is 1.56. The highest BCUT2D eigenvalue weighted by Crippen LogP contribution is 2.25. The summed E-state index contributed by atoms with van der Waals surface area (Å²) in [7, 11) is 1.92. The highest BCUT2D eigenvalue weighted by atomic mass is 19.1. The van der Waals surface area contributed by atoms with Crippen LogP contribution in [0.2, 0.25) is 0 Å². The summed E-state index contributed by atoms with van der Waals surface area (Å²) in [6, 6.07) is 14.6. The lowest BCUT2D eigenvalue weighted by Gasteiger charge is -2.33. The molecule has 0 N–H and O–H groups in total. The highest BCUT2D eigenvalue weighted by molar-refractivity contribution is 5.79. The number of amides is 1. The third-order valence-electron chi connectivity index (χ3n) is 6.16. The molecule has 5 nitrogen and oxygen atoms in total. The third kappa shape index (κ3) is 4.79. The van der Waals surface area contributed by atoms with Crippen LogP contribution in [0.4, 0.5) is 4.39 Å². The van der Waals surface area contributed by atoms with Crippen LogP contribution < -0.4 is 0 Å². The molecule has 31 heavy (non-hydrogen) atoms. The van der Waals surface area contributed by atoms with E-state index in [2.05, 4.69) is 16.4 Å². The number of carbonyl (C=O) groups is 1. The number of nitrogens with zero attached hydrogens (tertiary/aromatic N) is 4. The van der Waals surface area contributed by atoms with Crippen LogP contribution in [-0.4, -0.2) is 51.9 Å². The molecule has 2 aromatic carbocycles. The standard InChI is InChI=1S/C25H31FN4O/c1-3-4-15-28(2)25(31)19-8-7-16-29(17-19)18-24-27-22-9-5-6-10-23(22)30(24)21-13-11-20(26)12-14-21/h5-6,9-14,19H,3-4,7-8,15-18H2,1-2H3/t19-/m1/s1. The average molecular weight is 423 g/mol. The number of benzene rings is 2. The molecule has 6 heteroatoms. The van der Waals surface area contributed by atoms with E-state index in [9.17, 15) is 9.18 Å². The molecule has 1 saturated heterocycles. The number of hydrogen-bond donors (Lipinski definition) is 0. The number of hydrogen-bond acceptors (Lipinski definition) is 3. The van der Waals surface area contributed by atoms with Gasteiger partial charge in [0.25, 0.3) is 0 Å². The molecule has 1 aromatic heterocycles. The molecule has 0 saturated carbocycles. The van der Waals surface area contributed by atoms with Crippen LogP contribution in [0.1, 0.15) is 38.4 Å². The van der Waals surface area contributed by atoms with E-state index in [0.717, 1.165) is 67.9 Å². The smallest absolute Gasteiger partial charge is 0.226 e. The van der Waals surface area contributed by atoms with E-state index in [4.69, 9.17) is 4.98 Å². The lowest BCUT2D eigenvalue weighted by atomic mass is 9.96. The van der Waals surface area contributed by atoms with Gasteiger partial charge in [0, 0.05) is 25.8 Å². The van der Waals surface area contributed by atoms with Gasteiger partial charge in [0.1, 0.15) is 11.6 Å². The van der Waals surface area contributed by atoms with Crippen molar-refractivity contribution in [2.24, 2.45) is 5.92 Å². The number of fused-ring (bicyclic) bond motifs is 1. The van der Waals surface area contributed by atoms with Gasteiger partial charge >= 0.3 is 0 Å². The number of likely N-dealkylation sites (tertiary alicyclic amines) is 1. The summed E-state index contributed by atoms with van der Waals surface area (Å²) < 4.78 is 15.6. The second-order valence-electron chi connectivity index (χ2n) is 8.52. The maximum Gasteiger partial charge on any atom is 0.226 e. The summed E-state index contributed by atoms with van der Waals surface area (Å²) in [6.07, 6.45) is 4.09. The second-order valence-corrected chi connectivity index (χ2v) is 8.52. The molecule has 0 aliphatic carbocycles. The Morgan fingerprint density at radius 2 is 1.97 bits per heavy atom. The van der Waals surface area contributed by atoms with Gasteiger partial charge in [-0.05, 0) is 62.2 Å². The van der Waals surface area contributed by atoms with Gasteiger partial charge in [-0.2, -0.15) is 0 Å². The van der Waals surface area contributed by atoms with Gasteiger partial charge in [-0.3, -0.25) is 14.3 Å². The van der Waals surface area contributed by atoms with Crippen LogP contribution in [0.15, 0.2) is 48.5 Å². The van der Waals surface area contributed by atoms with Crippen LogP contribution in [0, 0.1) is 11.7 Å². The van der Waals surface area contributed by atoms with E-state index in [1.807, 2.05) is 36.2 Å². The number of halogens is 1. The Morgan fingerprint density at radius 3 is 2.74 bits per heavy atom. The van der Waals surface area contributed by atoms with E-state index in [-0.39, 0.29) is 17.6 Å². The molecule has 0 spiro atoms. The molecule has 0 bridgehead atoms. The van der Waals surface area contributed by atoms with E-state index >= 15 is 0 Å². The van der Waals surface area contributed by atoms with Crippen molar-refractivity contribution in [2.75, 3.05) is 26.7 Å². The van der Waals surface area contributed by atoms with Gasteiger partial charge in [-0.1, -0.05) is 25.5 Å². The summed E-state index contributed by atoms with van der Waals surface area (Å²) >= 11 is 0. The Bertz CT molecular complexity index is 1030. The van der Waals surface area contributed by atoms with Crippen LogP contribution in [-0.2, 0) is 11.3 Å². The van der Waals surface area contributed by atoms with Gasteiger partial charge in [-0.15, -0.1) is 0 Å². The van der Waals surface area contributed by atoms with Gasteiger partial charge in [-0.25, -0.2) is 9.37 Å². The number of rotatable bonds is 7. The van der Waals surface area contributed by atoms with Gasteiger partial charge in [0.05, 0.1) is 23.5 Å². The van der Waals surface area contributed by atoms with Crippen molar-refractivity contribution in [3.63, 3.8) is 0 Å². The molecular formula is C25H31FN4O. The first-order valence-corrected chi connectivity index (χ1v) is 11.3. The molecule has 4 rings (SSSR count). The predicted molar refractivity (Wildman–Crippen MR) is 122 cm³/mol. The summed E-state index contributed by atoms with van der Waals surface area (Å²) in [6.45, 7) is 5.34. The first kappa shape index (κ1) is 21.5. The fourth-order valence-electron chi connectivity index (χ4n) is 4.48. The number of carbonyl (C=O) groups excluding carboxylic acids is 1. The van der Waals surface area contributed by atoms with Crippen molar-refractivity contribution in [3.8, 4) is 5.69 Å². The Hall–Kier alpha value is -2.73. The zero-order valence-corrected chi connectivity index (χ0v) is 18.4. The number of para-hydroxylation sites is 2. The van der Waals surface area contributed by atoms with Crippen LogP contribution >= 0.6 is 0 Å². The lowest BCUT2D eigenvalue weighted by molar-refractivity contribution is -0.136. The molecule has 1 atom stereocenters. The van der Waals surface area contributed by atoms with Crippen LogP contribution in [0.5, 0.6) is 0 Å². The maximum absolute atomic E-state index is 13.5. The predicted octanol–water partition coefficient (Wildman–Crippen LogP) is 4.64. The molecule has 2 heterocycles. The largest absolute Gasteiger partial charge is 0.345 e. The molecule has 1 amide bonds. The fourth-order valence-corrected chi connectivity index (χ4v) is 4.48. The average Bonchev–Trinajstić information content (AvgIpc) is 3.15. The van der Waals surface area contributed by atoms with Gasteiger partial charge < -0.3 is 4.90 Å². The minimum atomic E-state index is -0.251. The molecule has 3 aromatic rings. The van der Waals surface area contributed by atoms with Crippen molar-refractivity contribution in [2.45, 2.75) is 39.2 Å². The molecule has 0 unspecified atom stereocenters. The normalized spacial score (nSPS) is 17.2. The van der Waals surface area contributed by atoms with Crippen molar-refractivity contribution in [1.82, 2.24) is 19.4 Å². The topological polar surface area (TPSA) is 41.4 Å². The zero-order chi connectivity index (χ0) is 21.8. The SMILES string of the molecule is CCCCN(C)C(=O)[C@@H]1CCCN(Cc2nc3ccccc3n2-c2ccc(F)cc2)C1. The maximum atomic E-state index is 13.5. The Morgan fingerprint density at radius 1 is 1.19 bits per heavy atom. The number of aromatic nitrogens is 2. The summed E-state index contributed by atoms with van der Waals surface area (Å²) in [5.41, 5.74) is 2.83. The molecule has 1 aliphatic heterocycles.